The average molecular weight is 840 g/mol. The molecule has 12 aromatic carbocycles. The number of benzene rings is 12. The van der Waals surface area contributed by atoms with Crippen LogP contribution < -0.4 is 4.90 Å². The van der Waals surface area contributed by atoms with Crippen molar-refractivity contribution in [1.82, 2.24) is 0 Å². The molecule has 0 aliphatic carbocycles. The predicted molar refractivity (Wildman–Crippen MR) is 280 cm³/mol. The molecule has 0 saturated heterocycles. The summed E-state index contributed by atoms with van der Waals surface area (Å²) >= 11 is 0. The molecule has 0 fully saturated rings. The molecule has 0 radical (unpaired) electrons. The smallest absolute Gasteiger partial charge is 0.145 e. The summed E-state index contributed by atoms with van der Waals surface area (Å²) in [6.07, 6.45) is 0. The molecular weight excluding hydrogens is 799 g/mol. The largest absolute Gasteiger partial charge is 0.455 e. The van der Waals surface area contributed by atoms with E-state index in [-0.39, 0.29) is 0 Å². The van der Waals surface area contributed by atoms with Crippen molar-refractivity contribution in [2.75, 3.05) is 4.90 Å². The number of hydrogen-bond donors (Lipinski definition) is 0. The first kappa shape index (κ1) is 37.8. The molecule has 1 heterocycles. The maximum absolute atomic E-state index is 7.14. The molecule has 1 aromatic heterocycles. The van der Waals surface area contributed by atoms with Gasteiger partial charge in [-0.25, -0.2) is 0 Å². The highest BCUT2D eigenvalue weighted by Crippen LogP contribution is 2.52. The summed E-state index contributed by atoms with van der Waals surface area (Å²) in [4.78, 5) is 2.50. The fourth-order valence-corrected chi connectivity index (χ4v) is 10.5. The van der Waals surface area contributed by atoms with Gasteiger partial charge in [0.25, 0.3) is 0 Å². The fourth-order valence-electron chi connectivity index (χ4n) is 10.5. The Hall–Kier alpha value is -8.72. The number of hydrogen-bond acceptors (Lipinski definition) is 2. The second-order valence-corrected chi connectivity index (χ2v) is 17.1. The predicted octanol–water partition coefficient (Wildman–Crippen LogP) is 18.3. The Labute approximate surface area is 382 Å². The molecule has 0 N–H and O–H groups in total. The lowest BCUT2D eigenvalue weighted by Gasteiger charge is -2.31. The molecule has 0 bridgehead atoms. The van der Waals surface area contributed by atoms with Crippen molar-refractivity contribution >= 4 is 82.1 Å². The Bertz CT molecular complexity index is 4010. The van der Waals surface area contributed by atoms with Gasteiger partial charge < -0.3 is 9.32 Å². The highest BCUT2D eigenvalue weighted by atomic mass is 16.3. The molecular formula is C64H41NO. The van der Waals surface area contributed by atoms with Crippen LogP contribution in [0, 0.1) is 0 Å². The quantitative estimate of drug-likeness (QED) is 0.149. The zero-order valence-corrected chi connectivity index (χ0v) is 36.0. The van der Waals surface area contributed by atoms with Crippen LogP contribution in [0.1, 0.15) is 0 Å². The Morgan fingerprint density at radius 3 is 1.42 bits per heavy atom. The SMILES string of the molecule is c1ccc(-c2cccc(-c3ccccc3N(c3ccccc3-c3cc4ccccc4c4ccccc34)c3ccc(-c4cc5ccccc5c5ccccc45)c4oc5ccccc5c34)c2)cc1. The third kappa shape index (κ3) is 6.11. The zero-order chi connectivity index (χ0) is 43.6. The van der Waals surface area contributed by atoms with E-state index in [0.29, 0.717) is 0 Å². The van der Waals surface area contributed by atoms with Gasteiger partial charge in [0.15, 0.2) is 0 Å². The van der Waals surface area contributed by atoms with Crippen molar-refractivity contribution in [3.05, 3.63) is 249 Å². The molecule has 2 heteroatoms. The summed E-state index contributed by atoms with van der Waals surface area (Å²) in [5.74, 6) is 0. The topological polar surface area (TPSA) is 16.4 Å². The maximum Gasteiger partial charge on any atom is 0.145 e. The van der Waals surface area contributed by atoms with Crippen LogP contribution in [-0.2, 0) is 0 Å². The minimum absolute atomic E-state index is 0.851. The van der Waals surface area contributed by atoms with E-state index in [1.807, 2.05) is 0 Å². The average Bonchev–Trinajstić information content (AvgIpc) is 3.79. The molecule has 0 spiro atoms. The summed E-state index contributed by atoms with van der Waals surface area (Å²) in [6, 6.07) is 90.3. The van der Waals surface area contributed by atoms with Crippen molar-refractivity contribution < 1.29 is 4.42 Å². The minimum atomic E-state index is 0.851. The second kappa shape index (κ2) is 15.5. The molecule has 0 aliphatic heterocycles. The zero-order valence-electron chi connectivity index (χ0n) is 36.0. The monoisotopic (exact) mass is 839 g/mol. The first-order chi connectivity index (χ1) is 32.8. The standard InChI is InChI=1S/C64H41NO/c1-2-19-42(20-3-1)43-23-18-24-44(39-43)49-27-12-15-34-59(49)65(60-35-16-13-32-54(60)57-40-45-21-4-6-25-47(45)50-28-8-10-30-52(50)57)61-38-37-55(64-63(61)56-33-14-17-36-62(56)66-64)58-41-46-22-5-7-26-48(46)51-29-9-11-31-53(51)58/h1-41H. The highest BCUT2D eigenvalue weighted by Gasteiger charge is 2.27. The Morgan fingerprint density at radius 2 is 0.742 bits per heavy atom. The van der Waals surface area contributed by atoms with Crippen LogP contribution in [0.25, 0.3) is 110 Å². The second-order valence-electron chi connectivity index (χ2n) is 17.1. The van der Waals surface area contributed by atoms with Crippen molar-refractivity contribution in [1.29, 1.82) is 0 Å². The molecule has 0 amide bonds. The van der Waals surface area contributed by atoms with Gasteiger partial charge in [0.2, 0.25) is 0 Å². The van der Waals surface area contributed by atoms with Crippen LogP contribution >= 0.6 is 0 Å². The summed E-state index contributed by atoms with van der Waals surface area (Å²) < 4.78 is 7.14. The number of anilines is 3. The van der Waals surface area contributed by atoms with Gasteiger partial charge in [0.05, 0.1) is 22.4 Å². The van der Waals surface area contributed by atoms with Gasteiger partial charge >= 0.3 is 0 Å². The number of rotatable bonds is 7. The van der Waals surface area contributed by atoms with Gasteiger partial charge in [-0.15, -0.1) is 0 Å². The summed E-state index contributed by atoms with van der Waals surface area (Å²) in [6.45, 7) is 0. The van der Waals surface area contributed by atoms with Crippen molar-refractivity contribution in [2.45, 2.75) is 0 Å². The number of furan rings is 1. The van der Waals surface area contributed by atoms with E-state index >= 15 is 0 Å². The molecule has 0 saturated carbocycles. The van der Waals surface area contributed by atoms with Crippen molar-refractivity contribution in [3.8, 4) is 44.5 Å². The lowest BCUT2D eigenvalue weighted by Crippen LogP contribution is -2.13. The Balaban J connectivity index is 1.13. The van der Waals surface area contributed by atoms with E-state index in [9.17, 15) is 0 Å². The maximum atomic E-state index is 7.14. The first-order valence-electron chi connectivity index (χ1n) is 22.7. The highest BCUT2D eigenvalue weighted by molar-refractivity contribution is 6.22. The van der Waals surface area contributed by atoms with E-state index in [0.717, 1.165) is 66.8 Å². The van der Waals surface area contributed by atoms with Crippen LogP contribution in [-0.4, -0.2) is 0 Å². The third-order valence-electron chi connectivity index (χ3n) is 13.4. The van der Waals surface area contributed by atoms with E-state index in [4.69, 9.17) is 4.42 Å². The summed E-state index contributed by atoms with van der Waals surface area (Å²) in [5.41, 5.74) is 14.0. The van der Waals surface area contributed by atoms with Gasteiger partial charge in [0, 0.05) is 22.1 Å². The van der Waals surface area contributed by atoms with Crippen LogP contribution in [0.2, 0.25) is 0 Å². The normalized spacial score (nSPS) is 11.6. The number of nitrogens with zero attached hydrogens (tertiary/aromatic N) is 1. The first-order valence-corrected chi connectivity index (χ1v) is 22.7. The molecule has 308 valence electrons. The number of para-hydroxylation sites is 3. The van der Waals surface area contributed by atoms with E-state index in [1.165, 1.54) is 59.8 Å². The molecule has 0 aliphatic rings. The van der Waals surface area contributed by atoms with Gasteiger partial charge in [-0.3, -0.25) is 0 Å². The van der Waals surface area contributed by atoms with Gasteiger partial charge in [-0.05, 0) is 119 Å². The Morgan fingerprint density at radius 1 is 0.258 bits per heavy atom. The van der Waals surface area contributed by atoms with E-state index < -0.39 is 0 Å². The van der Waals surface area contributed by atoms with Crippen molar-refractivity contribution in [2.24, 2.45) is 0 Å². The molecule has 2 nitrogen and oxygen atoms in total. The van der Waals surface area contributed by atoms with Crippen LogP contribution in [0.4, 0.5) is 17.1 Å². The van der Waals surface area contributed by atoms with Crippen LogP contribution in [0.15, 0.2) is 253 Å². The third-order valence-corrected chi connectivity index (χ3v) is 13.4. The van der Waals surface area contributed by atoms with Gasteiger partial charge in [0.1, 0.15) is 11.2 Å². The van der Waals surface area contributed by atoms with Crippen LogP contribution in [0.3, 0.4) is 0 Å². The minimum Gasteiger partial charge on any atom is -0.455 e. The molecule has 0 atom stereocenters. The molecule has 0 unspecified atom stereocenters. The fraction of sp³-hybridized carbons (Fsp3) is 0. The lowest BCUT2D eigenvalue weighted by atomic mass is 9.90. The van der Waals surface area contributed by atoms with E-state index in [1.54, 1.807) is 0 Å². The van der Waals surface area contributed by atoms with Crippen molar-refractivity contribution in [3.63, 3.8) is 0 Å². The van der Waals surface area contributed by atoms with Gasteiger partial charge in [-0.2, -0.15) is 0 Å². The van der Waals surface area contributed by atoms with Crippen LogP contribution in [0.5, 0.6) is 0 Å². The lowest BCUT2D eigenvalue weighted by molar-refractivity contribution is 0.670. The molecule has 13 aromatic rings. The molecule has 66 heavy (non-hydrogen) atoms. The summed E-state index contributed by atoms with van der Waals surface area (Å²) in [7, 11) is 0. The van der Waals surface area contributed by atoms with Gasteiger partial charge in [-0.1, -0.05) is 200 Å². The molecule has 13 rings (SSSR count). The number of fused-ring (bicyclic) bond motifs is 9. The van der Waals surface area contributed by atoms with E-state index in [2.05, 4.69) is 254 Å². The summed E-state index contributed by atoms with van der Waals surface area (Å²) in [5, 5.41) is 11.9. The Kier molecular flexibility index (Phi) is 8.89.